The van der Waals surface area contributed by atoms with Gasteiger partial charge < -0.3 is 24.5 Å². The quantitative estimate of drug-likeness (QED) is 0.687. The van der Waals surface area contributed by atoms with E-state index in [1.165, 1.54) is 0 Å². The average Bonchev–Trinajstić information content (AvgIpc) is 3.07. The Bertz CT molecular complexity index is 626. The largest absolute Gasteiger partial charge is 0.494 e. The van der Waals surface area contributed by atoms with Crippen molar-refractivity contribution < 1.29 is 18.7 Å². The van der Waals surface area contributed by atoms with Crippen molar-refractivity contribution in [3.05, 3.63) is 47.9 Å². The number of benzene rings is 1. The van der Waals surface area contributed by atoms with Crippen molar-refractivity contribution in [2.45, 2.75) is 26.9 Å². The second kappa shape index (κ2) is 9.62. The number of aryl methyl sites for hydroxylation is 1. The van der Waals surface area contributed by atoms with Gasteiger partial charge in [0.1, 0.15) is 18.1 Å². The molecule has 0 unspecified atom stereocenters. The summed E-state index contributed by atoms with van der Waals surface area (Å²) in [7, 11) is 0. The molecular weight excluding hydrogens is 308 g/mol. The Morgan fingerprint density at radius 3 is 2.88 bits per heavy atom. The number of ether oxygens (including phenoxy) is 2. The fourth-order valence-corrected chi connectivity index (χ4v) is 2.14. The first kappa shape index (κ1) is 17.9. The molecule has 0 saturated carbocycles. The molecule has 2 rings (SSSR count). The number of furan rings is 1. The van der Waals surface area contributed by atoms with Crippen LogP contribution in [0, 0.1) is 6.92 Å². The summed E-state index contributed by atoms with van der Waals surface area (Å²) in [6, 6.07) is 9.05. The van der Waals surface area contributed by atoms with Crippen LogP contribution in [0.4, 0.5) is 10.5 Å². The molecular formula is C18H24N2O4. The van der Waals surface area contributed by atoms with Crippen molar-refractivity contribution in [3.63, 3.8) is 0 Å². The molecule has 0 radical (unpaired) electrons. The lowest BCUT2D eigenvalue weighted by molar-refractivity contribution is 0.104. The highest BCUT2D eigenvalue weighted by Crippen LogP contribution is 2.21. The molecule has 0 bridgehead atoms. The van der Waals surface area contributed by atoms with Crippen molar-refractivity contribution in [2.75, 3.05) is 25.1 Å². The highest BCUT2D eigenvalue weighted by molar-refractivity contribution is 5.90. The van der Waals surface area contributed by atoms with E-state index >= 15 is 0 Å². The van der Waals surface area contributed by atoms with Gasteiger partial charge in [0.25, 0.3) is 0 Å². The fraction of sp³-hybridized carbons (Fsp3) is 0.389. The highest BCUT2D eigenvalue weighted by Gasteiger charge is 2.05. The second-order valence-electron chi connectivity index (χ2n) is 5.28. The summed E-state index contributed by atoms with van der Waals surface area (Å²) in [5.41, 5.74) is 1.72. The normalized spacial score (nSPS) is 10.4. The van der Waals surface area contributed by atoms with Gasteiger partial charge in [-0.25, -0.2) is 4.79 Å². The van der Waals surface area contributed by atoms with Gasteiger partial charge in [-0.3, -0.25) is 0 Å². The summed E-state index contributed by atoms with van der Waals surface area (Å²) < 4.78 is 16.0. The Hall–Kier alpha value is -2.47. The topological polar surface area (TPSA) is 72.7 Å². The third kappa shape index (κ3) is 5.96. The van der Waals surface area contributed by atoms with Crippen LogP contribution < -0.4 is 15.4 Å². The molecule has 1 aromatic carbocycles. The Labute approximate surface area is 142 Å². The monoisotopic (exact) mass is 332 g/mol. The van der Waals surface area contributed by atoms with E-state index < -0.39 is 0 Å². The summed E-state index contributed by atoms with van der Waals surface area (Å²) >= 11 is 0. The molecule has 24 heavy (non-hydrogen) atoms. The molecule has 0 aliphatic heterocycles. The lowest BCUT2D eigenvalue weighted by Gasteiger charge is -2.11. The molecule has 1 heterocycles. The Kier molecular flexibility index (Phi) is 7.17. The molecule has 0 aliphatic rings. The standard InChI is InChI=1S/C18H24N2O4/c1-3-23-15-7-8-17(14(2)12-15)20-18(21)19-9-5-10-22-13-16-6-4-11-24-16/h4,6-8,11-12H,3,5,9-10,13H2,1-2H3,(H2,19,20,21). The van der Waals surface area contributed by atoms with Crippen LogP contribution in [0.1, 0.15) is 24.7 Å². The van der Waals surface area contributed by atoms with Crippen LogP contribution in [0.15, 0.2) is 41.0 Å². The smallest absolute Gasteiger partial charge is 0.319 e. The van der Waals surface area contributed by atoms with E-state index in [0.29, 0.717) is 26.4 Å². The zero-order valence-corrected chi connectivity index (χ0v) is 14.1. The SMILES string of the molecule is CCOc1ccc(NC(=O)NCCCOCc2ccco2)c(C)c1. The Morgan fingerprint density at radius 2 is 2.17 bits per heavy atom. The minimum absolute atomic E-state index is 0.228. The minimum Gasteiger partial charge on any atom is -0.494 e. The molecule has 2 N–H and O–H groups in total. The Morgan fingerprint density at radius 1 is 1.29 bits per heavy atom. The number of carbonyl (C=O) groups is 1. The summed E-state index contributed by atoms with van der Waals surface area (Å²) in [5, 5.41) is 5.64. The van der Waals surface area contributed by atoms with Crippen molar-refractivity contribution >= 4 is 11.7 Å². The van der Waals surface area contributed by atoms with Crippen LogP contribution in [-0.2, 0) is 11.3 Å². The van der Waals surface area contributed by atoms with Gasteiger partial charge in [-0.1, -0.05) is 0 Å². The molecule has 0 saturated heterocycles. The zero-order chi connectivity index (χ0) is 17.2. The van der Waals surface area contributed by atoms with Crippen molar-refractivity contribution in [2.24, 2.45) is 0 Å². The first-order valence-electron chi connectivity index (χ1n) is 8.07. The van der Waals surface area contributed by atoms with Crippen molar-refractivity contribution in [3.8, 4) is 5.75 Å². The summed E-state index contributed by atoms with van der Waals surface area (Å²) in [4.78, 5) is 11.9. The maximum Gasteiger partial charge on any atom is 0.319 e. The summed E-state index contributed by atoms with van der Waals surface area (Å²) in [5.74, 6) is 1.60. The van der Waals surface area contributed by atoms with Crippen LogP contribution in [0.2, 0.25) is 0 Å². The van der Waals surface area contributed by atoms with Gasteiger partial charge in [0.05, 0.1) is 12.9 Å². The van der Waals surface area contributed by atoms with E-state index in [1.54, 1.807) is 6.26 Å². The predicted octanol–water partition coefficient (Wildman–Crippen LogP) is 3.72. The predicted molar refractivity (Wildman–Crippen MR) is 92.4 cm³/mol. The zero-order valence-electron chi connectivity index (χ0n) is 14.1. The molecule has 6 nitrogen and oxygen atoms in total. The minimum atomic E-state index is -0.228. The van der Waals surface area contributed by atoms with E-state index in [9.17, 15) is 4.79 Å². The molecule has 2 aromatic rings. The third-order valence-electron chi connectivity index (χ3n) is 3.33. The number of urea groups is 1. The maximum atomic E-state index is 11.9. The second-order valence-corrected chi connectivity index (χ2v) is 5.28. The molecule has 0 atom stereocenters. The van der Waals surface area contributed by atoms with Crippen LogP contribution >= 0.6 is 0 Å². The molecule has 1 aromatic heterocycles. The molecule has 0 aliphatic carbocycles. The maximum absolute atomic E-state index is 11.9. The van der Waals surface area contributed by atoms with E-state index in [1.807, 2.05) is 44.2 Å². The van der Waals surface area contributed by atoms with E-state index in [0.717, 1.165) is 29.2 Å². The fourth-order valence-electron chi connectivity index (χ4n) is 2.14. The molecule has 2 amide bonds. The molecule has 0 spiro atoms. The number of hydrogen-bond acceptors (Lipinski definition) is 4. The number of anilines is 1. The van der Waals surface area contributed by atoms with Gasteiger partial charge in [-0.2, -0.15) is 0 Å². The van der Waals surface area contributed by atoms with E-state index in [4.69, 9.17) is 13.9 Å². The van der Waals surface area contributed by atoms with Crippen LogP contribution in [0.5, 0.6) is 5.75 Å². The van der Waals surface area contributed by atoms with Gasteiger partial charge in [-0.15, -0.1) is 0 Å². The number of amides is 2. The molecule has 0 fully saturated rings. The van der Waals surface area contributed by atoms with E-state index in [2.05, 4.69) is 10.6 Å². The first-order chi connectivity index (χ1) is 11.7. The van der Waals surface area contributed by atoms with E-state index in [-0.39, 0.29) is 6.03 Å². The molecule has 130 valence electrons. The Balaban J connectivity index is 1.62. The lowest BCUT2D eigenvalue weighted by Crippen LogP contribution is -2.30. The first-order valence-corrected chi connectivity index (χ1v) is 8.07. The van der Waals surface area contributed by atoms with Gasteiger partial charge in [0.15, 0.2) is 0 Å². The van der Waals surface area contributed by atoms with Gasteiger partial charge in [0.2, 0.25) is 0 Å². The number of hydrogen-bond donors (Lipinski definition) is 2. The number of nitrogens with one attached hydrogen (secondary N) is 2. The third-order valence-corrected chi connectivity index (χ3v) is 3.33. The lowest BCUT2D eigenvalue weighted by atomic mass is 10.2. The summed E-state index contributed by atoms with van der Waals surface area (Å²) in [6.45, 7) is 6.04. The van der Waals surface area contributed by atoms with Gasteiger partial charge >= 0.3 is 6.03 Å². The number of rotatable bonds is 9. The van der Waals surface area contributed by atoms with Crippen molar-refractivity contribution in [1.82, 2.24) is 5.32 Å². The van der Waals surface area contributed by atoms with Crippen molar-refractivity contribution in [1.29, 1.82) is 0 Å². The summed E-state index contributed by atoms with van der Waals surface area (Å²) in [6.07, 6.45) is 2.35. The van der Waals surface area contributed by atoms with Crippen LogP contribution in [0.3, 0.4) is 0 Å². The number of carbonyl (C=O) groups excluding carboxylic acids is 1. The van der Waals surface area contributed by atoms with Gasteiger partial charge in [-0.05, 0) is 56.2 Å². The molecule has 6 heteroatoms. The van der Waals surface area contributed by atoms with Gasteiger partial charge in [0, 0.05) is 18.8 Å². The highest BCUT2D eigenvalue weighted by atomic mass is 16.5. The average molecular weight is 332 g/mol. The van der Waals surface area contributed by atoms with Crippen LogP contribution in [0.25, 0.3) is 0 Å². The van der Waals surface area contributed by atoms with Crippen LogP contribution in [-0.4, -0.2) is 25.8 Å².